The molecule has 1 rings (SSSR count). The summed E-state index contributed by atoms with van der Waals surface area (Å²) in [5.41, 5.74) is 5.13. The highest BCUT2D eigenvalue weighted by molar-refractivity contribution is 8.23. The van der Waals surface area contributed by atoms with Gasteiger partial charge < -0.3 is 10.6 Å². The predicted molar refractivity (Wildman–Crippen MR) is 120 cm³/mol. The number of unbranched alkanes of at least 4 members (excludes halogenated alkanes) is 11. The van der Waals surface area contributed by atoms with Gasteiger partial charge in [-0.1, -0.05) is 81.1 Å². The second-order valence-electron chi connectivity index (χ2n) is 7.26. The van der Waals surface area contributed by atoms with Gasteiger partial charge in [0.15, 0.2) is 0 Å². The van der Waals surface area contributed by atoms with Crippen molar-refractivity contribution >= 4 is 34.2 Å². The van der Waals surface area contributed by atoms with Gasteiger partial charge in [0.2, 0.25) is 5.91 Å². The Morgan fingerprint density at radius 3 is 2.00 bits per heavy atom. The summed E-state index contributed by atoms with van der Waals surface area (Å²) in [4.78, 5) is 13.0. The Hall–Kier alpha value is -0.550. The van der Waals surface area contributed by atoms with E-state index in [1.165, 1.54) is 82.9 Å². The number of carbonyl (C=O) groups excluding carboxylic acids is 1. The third kappa shape index (κ3) is 13.6. The zero-order valence-corrected chi connectivity index (χ0v) is 18.1. The number of hydrogen-bond donors (Lipinski definition) is 1. The van der Waals surface area contributed by atoms with Gasteiger partial charge in [-0.3, -0.25) is 4.79 Å². The van der Waals surface area contributed by atoms with Crippen molar-refractivity contribution in [1.29, 1.82) is 0 Å². The second kappa shape index (κ2) is 16.6. The third-order valence-corrected chi connectivity index (χ3v) is 6.36. The maximum atomic E-state index is 10.6. The topological polar surface area (TPSA) is 46.3 Å². The first-order valence-corrected chi connectivity index (χ1v) is 11.9. The average Bonchev–Trinajstić information content (AvgIpc) is 3.02. The lowest BCUT2D eigenvalue weighted by molar-refractivity contribution is -0.118. The number of nitrogens with two attached hydrogens (primary N) is 1. The van der Waals surface area contributed by atoms with E-state index in [0.717, 1.165) is 23.7 Å². The fourth-order valence-corrected chi connectivity index (χ4v) is 4.51. The third-order valence-electron chi connectivity index (χ3n) is 4.85. The lowest BCUT2D eigenvalue weighted by Gasteiger charge is -2.16. The first kappa shape index (κ1) is 23.5. The summed E-state index contributed by atoms with van der Waals surface area (Å²) in [6, 6.07) is 0. The number of primary amides is 1. The summed E-state index contributed by atoms with van der Waals surface area (Å²) in [5.74, 6) is 1.02. The van der Waals surface area contributed by atoms with E-state index in [4.69, 9.17) is 18.0 Å². The maximum Gasteiger partial charge on any atom is 0.217 e. The van der Waals surface area contributed by atoms with Crippen molar-refractivity contribution in [3.05, 3.63) is 12.2 Å². The fourth-order valence-electron chi connectivity index (χ4n) is 3.23. The zero-order chi connectivity index (χ0) is 18.9. The lowest BCUT2D eigenvalue weighted by Crippen LogP contribution is -2.23. The summed E-state index contributed by atoms with van der Waals surface area (Å²) in [7, 11) is 0. The number of allylic oxidation sites excluding steroid dienone is 2. The van der Waals surface area contributed by atoms with Gasteiger partial charge in [-0.15, -0.1) is 0 Å². The standard InChI is InChI=1S/C21H38N2OS2/c22-20(24)16-14-12-10-8-6-4-2-1-3-5-7-9-11-13-15-17-23-18-19-26-21(23)25/h1-2H,3-19H2,(H2,22,24). The molecule has 0 radical (unpaired) electrons. The molecule has 2 N–H and O–H groups in total. The van der Waals surface area contributed by atoms with Crippen LogP contribution in [0.5, 0.6) is 0 Å². The minimum atomic E-state index is -0.168. The molecule has 1 fully saturated rings. The van der Waals surface area contributed by atoms with Crippen molar-refractivity contribution in [1.82, 2.24) is 4.90 Å². The molecular weight excluding hydrogens is 360 g/mol. The van der Waals surface area contributed by atoms with E-state index in [-0.39, 0.29) is 5.91 Å². The van der Waals surface area contributed by atoms with E-state index < -0.39 is 0 Å². The number of rotatable bonds is 17. The number of nitrogens with zero attached hydrogens (tertiary/aromatic N) is 1. The molecule has 0 atom stereocenters. The Balaban J connectivity index is 1.74. The van der Waals surface area contributed by atoms with Gasteiger partial charge in [0.1, 0.15) is 4.32 Å². The van der Waals surface area contributed by atoms with Crippen molar-refractivity contribution in [2.75, 3.05) is 18.8 Å². The summed E-state index contributed by atoms with van der Waals surface area (Å²) >= 11 is 7.16. The molecule has 3 nitrogen and oxygen atoms in total. The molecule has 1 amide bonds. The van der Waals surface area contributed by atoms with Crippen molar-refractivity contribution < 1.29 is 4.79 Å². The van der Waals surface area contributed by atoms with Crippen LogP contribution >= 0.6 is 24.0 Å². The first-order chi connectivity index (χ1) is 12.7. The molecule has 5 heteroatoms. The molecule has 0 unspecified atom stereocenters. The molecule has 0 aromatic carbocycles. The van der Waals surface area contributed by atoms with Crippen LogP contribution in [0.1, 0.15) is 89.9 Å². The molecule has 1 aliphatic rings. The molecule has 0 spiro atoms. The van der Waals surface area contributed by atoms with Crippen LogP contribution in [-0.4, -0.2) is 34.0 Å². The van der Waals surface area contributed by atoms with E-state index in [9.17, 15) is 4.79 Å². The molecule has 0 aromatic heterocycles. The average molecular weight is 399 g/mol. The molecule has 1 heterocycles. The highest BCUT2D eigenvalue weighted by Gasteiger charge is 2.15. The smallest absolute Gasteiger partial charge is 0.217 e. The number of carbonyl (C=O) groups is 1. The van der Waals surface area contributed by atoms with Crippen molar-refractivity contribution in [3.8, 4) is 0 Å². The molecule has 1 aliphatic heterocycles. The van der Waals surface area contributed by atoms with Crippen LogP contribution in [0, 0.1) is 0 Å². The van der Waals surface area contributed by atoms with E-state index in [1.54, 1.807) is 0 Å². The molecule has 0 bridgehead atoms. The number of thioether (sulfide) groups is 1. The molecule has 0 aliphatic carbocycles. The Labute approximate surface area is 170 Å². The summed E-state index contributed by atoms with van der Waals surface area (Å²) in [6.45, 7) is 2.32. The number of thiocarbonyl (C=S) groups is 1. The highest BCUT2D eigenvalue weighted by Crippen LogP contribution is 2.18. The second-order valence-corrected chi connectivity index (χ2v) is 8.98. The van der Waals surface area contributed by atoms with E-state index in [1.807, 2.05) is 11.8 Å². The Kier molecular flexibility index (Phi) is 15.0. The van der Waals surface area contributed by atoms with E-state index in [0.29, 0.717) is 6.42 Å². The normalized spacial score (nSPS) is 14.6. The molecule has 0 aromatic rings. The van der Waals surface area contributed by atoms with Crippen molar-refractivity contribution in [2.24, 2.45) is 5.73 Å². The van der Waals surface area contributed by atoms with Crippen LogP contribution in [0.25, 0.3) is 0 Å². The molecular formula is C21H38N2OS2. The van der Waals surface area contributed by atoms with E-state index >= 15 is 0 Å². The number of amides is 1. The molecule has 150 valence electrons. The largest absolute Gasteiger partial charge is 0.370 e. The van der Waals surface area contributed by atoms with E-state index in [2.05, 4.69) is 17.1 Å². The summed E-state index contributed by atoms with van der Waals surface area (Å²) in [5, 5.41) is 0. The van der Waals surface area contributed by atoms with Crippen LogP contribution in [-0.2, 0) is 4.79 Å². The van der Waals surface area contributed by atoms with Crippen molar-refractivity contribution in [3.63, 3.8) is 0 Å². The molecule has 1 saturated heterocycles. The summed E-state index contributed by atoms with van der Waals surface area (Å²) in [6.07, 6.45) is 21.6. The minimum absolute atomic E-state index is 0.168. The van der Waals surface area contributed by atoms with Crippen LogP contribution < -0.4 is 5.73 Å². The minimum Gasteiger partial charge on any atom is -0.370 e. The van der Waals surface area contributed by atoms with Gasteiger partial charge in [-0.25, -0.2) is 0 Å². The number of hydrogen-bond acceptors (Lipinski definition) is 3. The van der Waals surface area contributed by atoms with Gasteiger partial charge in [0.25, 0.3) is 0 Å². The van der Waals surface area contributed by atoms with Crippen LogP contribution in [0.3, 0.4) is 0 Å². The molecule has 26 heavy (non-hydrogen) atoms. The van der Waals surface area contributed by atoms with Crippen LogP contribution in [0.2, 0.25) is 0 Å². The van der Waals surface area contributed by atoms with Gasteiger partial charge in [0, 0.05) is 25.3 Å². The zero-order valence-electron chi connectivity index (χ0n) is 16.4. The van der Waals surface area contributed by atoms with Gasteiger partial charge in [0.05, 0.1) is 0 Å². The molecule has 0 saturated carbocycles. The monoisotopic (exact) mass is 398 g/mol. The quantitative estimate of drug-likeness (QED) is 0.190. The SMILES string of the molecule is NC(=O)CCCCCCCC=CCCCCCCCCN1CCSC1=S. The highest BCUT2D eigenvalue weighted by atomic mass is 32.2. The fraction of sp³-hybridized carbons (Fsp3) is 0.810. The van der Waals surface area contributed by atoms with Crippen LogP contribution in [0.15, 0.2) is 12.2 Å². The Morgan fingerprint density at radius 1 is 0.923 bits per heavy atom. The Morgan fingerprint density at radius 2 is 1.46 bits per heavy atom. The lowest BCUT2D eigenvalue weighted by atomic mass is 10.1. The first-order valence-electron chi connectivity index (χ1n) is 10.5. The summed E-state index contributed by atoms with van der Waals surface area (Å²) < 4.78 is 1.11. The Bertz CT molecular complexity index is 413. The van der Waals surface area contributed by atoms with Crippen molar-refractivity contribution in [2.45, 2.75) is 89.9 Å². The van der Waals surface area contributed by atoms with Gasteiger partial charge in [-0.2, -0.15) is 0 Å². The van der Waals surface area contributed by atoms with Gasteiger partial charge >= 0.3 is 0 Å². The van der Waals surface area contributed by atoms with Gasteiger partial charge in [-0.05, 0) is 38.5 Å². The predicted octanol–water partition coefficient (Wildman–Crippen LogP) is 5.82. The maximum absolute atomic E-state index is 10.6. The van der Waals surface area contributed by atoms with Crippen LogP contribution in [0.4, 0.5) is 0 Å².